The Morgan fingerprint density at radius 3 is 2.33 bits per heavy atom. The monoisotopic (exact) mass is 319 g/mol. The number of benzene rings is 3. The zero-order chi connectivity index (χ0) is 16.8. The Morgan fingerprint density at radius 2 is 1.62 bits per heavy atom. The lowest BCUT2D eigenvalue weighted by Crippen LogP contribution is -1.97. The fourth-order valence-corrected chi connectivity index (χ4v) is 2.27. The molecule has 0 saturated carbocycles. The van der Waals surface area contributed by atoms with E-state index in [1.807, 2.05) is 54.6 Å². The topological polar surface area (TPSA) is 58.6 Å². The largest absolute Gasteiger partial charge is 0.489 e. The van der Waals surface area contributed by atoms with Crippen molar-refractivity contribution in [2.45, 2.75) is 6.61 Å². The van der Waals surface area contributed by atoms with E-state index in [-0.39, 0.29) is 5.56 Å². The first-order valence-corrected chi connectivity index (χ1v) is 7.58. The van der Waals surface area contributed by atoms with E-state index in [9.17, 15) is 4.79 Å². The Labute approximate surface area is 140 Å². The van der Waals surface area contributed by atoms with E-state index < -0.39 is 5.97 Å². The molecule has 0 atom stereocenters. The summed E-state index contributed by atoms with van der Waals surface area (Å²) in [5, 5.41) is 12.2. The van der Waals surface area contributed by atoms with E-state index in [1.54, 1.807) is 24.3 Å². The molecule has 0 saturated heterocycles. The average molecular weight is 319 g/mol. The fourth-order valence-electron chi connectivity index (χ4n) is 2.27. The summed E-state index contributed by atoms with van der Waals surface area (Å²) in [5.41, 5.74) is 3.07. The van der Waals surface area contributed by atoms with Crippen molar-refractivity contribution in [2.24, 2.45) is 0 Å². The van der Waals surface area contributed by atoms with E-state index in [1.165, 1.54) is 0 Å². The summed E-state index contributed by atoms with van der Waals surface area (Å²) in [6.07, 6.45) is 0. The van der Waals surface area contributed by atoms with E-state index in [4.69, 9.17) is 9.84 Å². The van der Waals surface area contributed by atoms with Gasteiger partial charge >= 0.3 is 5.97 Å². The molecular formula is C20H17NO3. The van der Waals surface area contributed by atoms with E-state index >= 15 is 0 Å². The number of carboxylic acid groups (broad SMARTS) is 1. The summed E-state index contributed by atoms with van der Waals surface area (Å²) < 4.78 is 5.80. The molecule has 120 valence electrons. The van der Waals surface area contributed by atoms with Crippen LogP contribution in [0.2, 0.25) is 0 Å². The Balaban J connectivity index is 1.65. The number of ether oxygens (including phenoxy) is 1. The molecule has 0 spiro atoms. The standard InChI is InChI=1S/C20H17NO3/c22-20(23)16-9-11-17(12-10-16)21-18-7-4-8-19(13-18)24-14-15-5-2-1-3-6-15/h1-13,21H,14H2,(H,22,23). The predicted octanol–water partition coefficient (Wildman–Crippen LogP) is 4.71. The molecule has 0 amide bonds. The number of nitrogens with one attached hydrogen (secondary N) is 1. The second kappa shape index (κ2) is 7.33. The summed E-state index contributed by atoms with van der Waals surface area (Å²) in [6.45, 7) is 0.512. The van der Waals surface area contributed by atoms with Crippen molar-refractivity contribution in [1.29, 1.82) is 0 Å². The van der Waals surface area contributed by atoms with Crippen molar-refractivity contribution in [1.82, 2.24) is 0 Å². The van der Waals surface area contributed by atoms with Crippen molar-refractivity contribution < 1.29 is 14.6 Å². The van der Waals surface area contributed by atoms with Crippen LogP contribution in [0, 0.1) is 0 Å². The molecule has 4 heteroatoms. The minimum atomic E-state index is -0.933. The van der Waals surface area contributed by atoms with Gasteiger partial charge in [-0.15, -0.1) is 0 Å². The minimum Gasteiger partial charge on any atom is -0.489 e. The van der Waals surface area contributed by atoms with Gasteiger partial charge < -0.3 is 15.2 Å². The van der Waals surface area contributed by atoms with Gasteiger partial charge in [-0.05, 0) is 42.0 Å². The molecule has 3 aromatic rings. The fraction of sp³-hybridized carbons (Fsp3) is 0.0500. The van der Waals surface area contributed by atoms with Crippen LogP contribution in [0.5, 0.6) is 5.75 Å². The summed E-state index contributed by atoms with van der Waals surface area (Å²) >= 11 is 0. The van der Waals surface area contributed by atoms with Crippen molar-refractivity contribution in [3.05, 3.63) is 90.0 Å². The van der Waals surface area contributed by atoms with Gasteiger partial charge in [0.15, 0.2) is 0 Å². The lowest BCUT2D eigenvalue weighted by molar-refractivity contribution is 0.0697. The molecule has 0 fully saturated rings. The van der Waals surface area contributed by atoms with Crippen molar-refractivity contribution in [3.63, 3.8) is 0 Å². The van der Waals surface area contributed by atoms with Crippen LogP contribution >= 0.6 is 0 Å². The maximum absolute atomic E-state index is 10.9. The second-order valence-corrected chi connectivity index (χ2v) is 5.31. The van der Waals surface area contributed by atoms with Crippen LogP contribution in [0.4, 0.5) is 11.4 Å². The predicted molar refractivity (Wildman–Crippen MR) is 93.9 cm³/mol. The number of rotatable bonds is 6. The minimum absolute atomic E-state index is 0.264. The highest BCUT2D eigenvalue weighted by Gasteiger charge is 2.03. The summed E-state index contributed by atoms with van der Waals surface area (Å²) in [5.74, 6) is -0.163. The maximum atomic E-state index is 10.9. The third-order valence-electron chi connectivity index (χ3n) is 3.50. The SMILES string of the molecule is O=C(O)c1ccc(Nc2cccc(OCc3ccccc3)c2)cc1. The zero-order valence-corrected chi connectivity index (χ0v) is 13.0. The van der Waals surface area contributed by atoms with Crippen LogP contribution in [0.1, 0.15) is 15.9 Å². The molecular weight excluding hydrogens is 302 g/mol. The van der Waals surface area contributed by atoms with Gasteiger partial charge in [-0.1, -0.05) is 36.4 Å². The van der Waals surface area contributed by atoms with E-state index in [0.29, 0.717) is 6.61 Å². The van der Waals surface area contributed by atoms with Gasteiger partial charge in [-0.2, -0.15) is 0 Å². The van der Waals surface area contributed by atoms with Gasteiger partial charge in [0.05, 0.1) is 5.56 Å². The van der Waals surface area contributed by atoms with Crippen molar-refractivity contribution in [2.75, 3.05) is 5.32 Å². The van der Waals surface area contributed by atoms with Crippen molar-refractivity contribution >= 4 is 17.3 Å². The normalized spacial score (nSPS) is 10.2. The Bertz CT molecular complexity index is 814. The third kappa shape index (κ3) is 4.14. The smallest absolute Gasteiger partial charge is 0.335 e. The molecule has 0 unspecified atom stereocenters. The van der Waals surface area contributed by atoms with Gasteiger partial charge in [0.25, 0.3) is 0 Å². The first kappa shape index (κ1) is 15.6. The molecule has 0 radical (unpaired) electrons. The maximum Gasteiger partial charge on any atom is 0.335 e. The quantitative estimate of drug-likeness (QED) is 0.691. The molecule has 0 heterocycles. The molecule has 3 aromatic carbocycles. The average Bonchev–Trinajstić information content (AvgIpc) is 2.62. The highest BCUT2D eigenvalue weighted by molar-refractivity contribution is 5.88. The number of hydrogen-bond donors (Lipinski definition) is 2. The van der Waals surface area contributed by atoms with Crippen LogP contribution in [-0.2, 0) is 6.61 Å². The molecule has 24 heavy (non-hydrogen) atoms. The Kier molecular flexibility index (Phi) is 4.77. The highest BCUT2D eigenvalue weighted by atomic mass is 16.5. The van der Waals surface area contributed by atoms with Gasteiger partial charge in [-0.3, -0.25) is 0 Å². The van der Waals surface area contributed by atoms with Crippen LogP contribution in [0.15, 0.2) is 78.9 Å². The Morgan fingerprint density at radius 1 is 0.875 bits per heavy atom. The summed E-state index contributed by atoms with van der Waals surface area (Å²) in [7, 11) is 0. The van der Waals surface area contributed by atoms with Crippen LogP contribution in [0.3, 0.4) is 0 Å². The van der Waals surface area contributed by atoms with Crippen LogP contribution < -0.4 is 10.1 Å². The molecule has 0 bridgehead atoms. The van der Waals surface area contributed by atoms with Crippen LogP contribution in [0.25, 0.3) is 0 Å². The lowest BCUT2D eigenvalue weighted by Gasteiger charge is -2.10. The third-order valence-corrected chi connectivity index (χ3v) is 3.50. The molecule has 0 aliphatic heterocycles. The number of carboxylic acids is 1. The highest BCUT2D eigenvalue weighted by Crippen LogP contribution is 2.22. The number of aromatic carboxylic acids is 1. The van der Waals surface area contributed by atoms with Gasteiger partial charge in [-0.25, -0.2) is 4.79 Å². The molecule has 3 rings (SSSR count). The molecule has 2 N–H and O–H groups in total. The van der Waals surface area contributed by atoms with E-state index in [0.717, 1.165) is 22.7 Å². The molecule has 0 aromatic heterocycles. The number of hydrogen-bond acceptors (Lipinski definition) is 3. The van der Waals surface area contributed by atoms with Crippen LogP contribution in [-0.4, -0.2) is 11.1 Å². The van der Waals surface area contributed by atoms with Gasteiger partial charge in [0.1, 0.15) is 12.4 Å². The Hall–Kier alpha value is -3.27. The van der Waals surface area contributed by atoms with E-state index in [2.05, 4.69) is 5.32 Å². The number of anilines is 2. The first-order valence-electron chi connectivity index (χ1n) is 7.58. The molecule has 4 nitrogen and oxygen atoms in total. The lowest BCUT2D eigenvalue weighted by atomic mass is 10.2. The van der Waals surface area contributed by atoms with Gasteiger partial charge in [0, 0.05) is 17.4 Å². The molecule has 0 aliphatic carbocycles. The second-order valence-electron chi connectivity index (χ2n) is 5.31. The summed E-state index contributed by atoms with van der Waals surface area (Å²) in [4.78, 5) is 10.9. The first-order chi connectivity index (χ1) is 11.7. The summed E-state index contributed by atoms with van der Waals surface area (Å²) in [6, 6.07) is 24.3. The zero-order valence-electron chi connectivity index (χ0n) is 13.0. The molecule has 0 aliphatic rings. The van der Waals surface area contributed by atoms with Crippen molar-refractivity contribution in [3.8, 4) is 5.75 Å². The number of carbonyl (C=O) groups is 1. The van der Waals surface area contributed by atoms with Gasteiger partial charge in [0.2, 0.25) is 0 Å².